The van der Waals surface area contributed by atoms with E-state index >= 15 is 0 Å². The van der Waals surface area contributed by atoms with Crippen LogP contribution in [0.4, 0.5) is 5.82 Å². The van der Waals surface area contributed by atoms with E-state index in [1.54, 1.807) is 31.3 Å². The Kier molecular flexibility index (Phi) is 4.72. The zero-order valence-corrected chi connectivity index (χ0v) is 13.6. The zero-order valence-electron chi connectivity index (χ0n) is 12.9. The maximum atomic E-state index is 12.4. The van der Waals surface area contributed by atoms with Crippen LogP contribution in [0.2, 0.25) is 5.02 Å². The lowest BCUT2D eigenvalue weighted by atomic mass is 10.3. The molecule has 0 aliphatic carbocycles. The summed E-state index contributed by atoms with van der Waals surface area (Å²) in [5, 5.41) is 0.514. The maximum Gasteiger partial charge on any atom is 0.277 e. The fourth-order valence-electron chi connectivity index (χ4n) is 2.03. The highest BCUT2D eigenvalue weighted by Crippen LogP contribution is 2.21. The normalized spacial score (nSPS) is 10.2. The van der Waals surface area contributed by atoms with Crippen molar-refractivity contribution >= 4 is 23.3 Å². The molecule has 0 spiro atoms. The molecule has 3 rings (SSSR count). The summed E-state index contributed by atoms with van der Waals surface area (Å²) in [6.07, 6.45) is 3.01. The molecule has 0 bridgehead atoms. The van der Waals surface area contributed by atoms with Crippen molar-refractivity contribution in [1.82, 2.24) is 9.97 Å². The van der Waals surface area contributed by atoms with Crippen LogP contribution in [0.5, 0.6) is 11.5 Å². The molecule has 5 nitrogen and oxygen atoms in total. The molecule has 1 amide bonds. The number of rotatable bonds is 4. The van der Waals surface area contributed by atoms with Crippen molar-refractivity contribution in [1.29, 1.82) is 0 Å². The smallest absolute Gasteiger partial charge is 0.277 e. The van der Waals surface area contributed by atoms with E-state index < -0.39 is 0 Å². The van der Waals surface area contributed by atoms with Gasteiger partial charge in [0.25, 0.3) is 5.91 Å². The highest BCUT2D eigenvalue weighted by Gasteiger charge is 2.16. The van der Waals surface area contributed by atoms with E-state index in [1.807, 2.05) is 30.3 Å². The number of anilines is 1. The second-order valence-electron chi connectivity index (χ2n) is 4.99. The number of para-hydroxylation sites is 1. The second kappa shape index (κ2) is 7.10. The Hall–Kier alpha value is -2.92. The predicted molar refractivity (Wildman–Crippen MR) is 92.7 cm³/mol. The average molecular weight is 340 g/mol. The van der Waals surface area contributed by atoms with E-state index in [9.17, 15) is 4.79 Å². The molecule has 0 saturated carbocycles. The highest BCUT2D eigenvalue weighted by molar-refractivity contribution is 6.30. The Morgan fingerprint density at radius 3 is 2.38 bits per heavy atom. The second-order valence-corrected chi connectivity index (χ2v) is 5.43. The topological polar surface area (TPSA) is 55.3 Å². The van der Waals surface area contributed by atoms with Gasteiger partial charge in [0, 0.05) is 13.2 Å². The van der Waals surface area contributed by atoms with Gasteiger partial charge in [-0.1, -0.05) is 29.8 Å². The van der Waals surface area contributed by atoms with Crippen LogP contribution in [0.15, 0.2) is 67.0 Å². The number of halogens is 1. The molecule has 0 aliphatic rings. The van der Waals surface area contributed by atoms with Gasteiger partial charge in [-0.05, 0) is 36.4 Å². The molecule has 0 aliphatic heterocycles. The number of nitrogens with zero attached hydrogens (tertiary/aromatic N) is 3. The van der Waals surface area contributed by atoms with Crippen molar-refractivity contribution in [2.75, 3.05) is 11.9 Å². The van der Waals surface area contributed by atoms with Crippen LogP contribution >= 0.6 is 11.6 Å². The number of carbonyl (C=O) groups excluding carboxylic acids is 1. The Balaban J connectivity index is 1.72. The molecule has 0 radical (unpaired) electrons. The Morgan fingerprint density at radius 2 is 1.75 bits per heavy atom. The minimum absolute atomic E-state index is 0.268. The van der Waals surface area contributed by atoms with Gasteiger partial charge >= 0.3 is 0 Å². The van der Waals surface area contributed by atoms with Gasteiger partial charge in [0.2, 0.25) is 0 Å². The Labute approximate surface area is 144 Å². The number of carbonyl (C=O) groups is 1. The number of ether oxygens (including phenoxy) is 1. The average Bonchev–Trinajstić information content (AvgIpc) is 2.63. The molecule has 2 aromatic heterocycles. The lowest BCUT2D eigenvalue weighted by Crippen LogP contribution is -2.27. The van der Waals surface area contributed by atoms with Crippen molar-refractivity contribution in [3.05, 3.63) is 77.7 Å². The summed E-state index contributed by atoms with van der Waals surface area (Å²) in [5.74, 6) is 1.50. The quantitative estimate of drug-likeness (QED) is 0.715. The molecule has 0 fully saturated rings. The first-order chi connectivity index (χ1) is 11.6. The minimum Gasteiger partial charge on any atom is -0.456 e. The van der Waals surface area contributed by atoms with E-state index in [2.05, 4.69) is 9.97 Å². The fourth-order valence-corrected chi connectivity index (χ4v) is 2.15. The molecule has 6 heteroatoms. The van der Waals surface area contributed by atoms with Crippen molar-refractivity contribution in [2.24, 2.45) is 0 Å². The minimum atomic E-state index is -0.268. The molecule has 120 valence electrons. The standard InChI is InChI=1S/C18H14ClN3O2/c1-22(17-10-7-13(19)11-21-17)18(23)16-9-8-15(12-20-16)24-14-5-3-2-4-6-14/h2-12H,1H3. The SMILES string of the molecule is CN(C(=O)c1ccc(Oc2ccccc2)cn1)c1ccc(Cl)cn1. The van der Waals surface area contributed by atoms with Crippen LogP contribution in [0.1, 0.15) is 10.5 Å². The molecular weight excluding hydrogens is 326 g/mol. The van der Waals surface area contributed by atoms with Crippen LogP contribution in [-0.2, 0) is 0 Å². The van der Waals surface area contributed by atoms with Gasteiger partial charge in [-0.2, -0.15) is 0 Å². The van der Waals surface area contributed by atoms with Gasteiger partial charge in [-0.15, -0.1) is 0 Å². The first-order valence-corrected chi connectivity index (χ1v) is 7.60. The first kappa shape index (κ1) is 16.0. The summed E-state index contributed by atoms with van der Waals surface area (Å²) >= 11 is 5.80. The lowest BCUT2D eigenvalue weighted by molar-refractivity contribution is 0.0987. The number of benzene rings is 1. The summed E-state index contributed by atoms with van der Waals surface area (Å²) < 4.78 is 5.66. The molecule has 0 atom stereocenters. The third-order valence-electron chi connectivity index (χ3n) is 3.29. The van der Waals surface area contributed by atoms with Crippen molar-refractivity contribution in [2.45, 2.75) is 0 Å². The van der Waals surface area contributed by atoms with Crippen LogP contribution in [0, 0.1) is 0 Å². The van der Waals surface area contributed by atoms with Gasteiger partial charge in [0.05, 0.1) is 11.2 Å². The molecule has 2 heterocycles. The van der Waals surface area contributed by atoms with Gasteiger partial charge < -0.3 is 4.74 Å². The number of pyridine rings is 2. The maximum absolute atomic E-state index is 12.4. The van der Waals surface area contributed by atoms with E-state index in [4.69, 9.17) is 16.3 Å². The molecule has 1 aromatic carbocycles. The van der Waals surface area contributed by atoms with Gasteiger partial charge in [-0.25, -0.2) is 9.97 Å². The third-order valence-corrected chi connectivity index (χ3v) is 3.52. The predicted octanol–water partition coefficient (Wildman–Crippen LogP) is 4.20. The summed E-state index contributed by atoms with van der Waals surface area (Å²) in [6, 6.07) is 16.0. The first-order valence-electron chi connectivity index (χ1n) is 7.22. The van der Waals surface area contributed by atoms with Gasteiger partial charge in [0.15, 0.2) is 0 Å². The summed E-state index contributed by atoms with van der Waals surface area (Å²) in [4.78, 5) is 22.2. The lowest BCUT2D eigenvalue weighted by Gasteiger charge is -2.15. The molecular formula is C18H14ClN3O2. The van der Waals surface area contributed by atoms with Crippen molar-refractivity contribution < 1.29 is 9.53 Å². The van der Waals surface area contributed by atoms with E-state index in [-0.39, 0.29) is 5.91 Å². The molecule has 0 N–H and O–H groups in total. The number of aromatic nitrogens is 2. The fraction of sp³-hybridized carbons (Fsp3) is 0.0556. The Bertz CT molecular complexity index is 821. The summed E-state index contributed by atoms with van der Waals surface area (Å²) in [6.45, 7) is 0. The van der Waals surface area contributed by atoms with E-state index in [0.29, 0.717) is 28.0 Å². The van der Waals surface area contributed by atoms with Gasteiger partial charge in [0.1, 0.15) is 23.0 Å². The molecule has 0 saturated heterocycles. The third kappa shape index (κ3) is 3.70. The number of hydrogen-bond acceptors (Lipinski definition) is 4. The van der Waals surface area contributed by atoms with Crippen molar-refractivity contribution in [3.63, 3.8) is 0 Å². The number of amides is 1. The monoisotopic (exact) mass is 339 g/mol. The Morgan fingerprint density at radius 1 is 0.958 bits per heavy atom. The molecule has 24 heavy (non-hydrogen) atoms. The zero-order chi connectivity index (χ0) is 16.9. The summed E-state index contributed by atoms with van der Waals surface area (Å²) in [5.41, 5.74) is 0.301. The molecule has 3 aromatic rings. The van der Waals surface area contributed by atoms with E-state index in [0.717, 1.165) is 0 Å². The van der Waals surface area contributed by atoms with Gasteiger partial charge in [-0.3, -0.25) is 9.69 Å². The molecule has 0 unspecified atom stereocenters. The van der Waals surface area contributed by atoms with Crippen LogP contribution < -0.4 is 9.64 Å². The van der Waals surface area contributed by atoms with Crippen LogP contribution in [0.3, 0.4) is 0 Å². The van der Waals surface area contributed by atoms with Crippen LogP contribution in [0.25, 0.3) is 0 Å². The van der Waals surface area contributed by atoms with Crippen molar-refractivity contribution in [3.8, 4) is 11.5 Å². The number of hydrogen-bond donors (Lipinski definition) is 0. The highest BCUT2D eigenvalue weighted by atomic mass is 35.5. The van der Waals surface area contributed by atoms with Crippen LogP contribution in [-0.4, -0.2) is 22.9 Å². The van der Waals surface area contributed by atoms with E-state index in [1.165, 1.54) is 17.3 Å². The summed E-state index contributed by atoms with van der Waals surface area (Å²) in [7, 11) is 1.63. The largest absolute Gasteiger partial charge is 0.456 e.